The molecule has 1 aliphatic heterocycles. The van der Waals surface area contributed by atoms with Crippen molar-refractivity contribution in [2.24, 2.45) is 0 Å². The first-order valence-corrected chi connectivity index (χ1v) is 7.52. The number of rotatable bonds is 1. The van der Waals surface area contributed by atoms with Gasteiger partial charge in [0.15, 0.2) is 0 Å². The van der Waals surface area contributed by atoms with Crippen molar-refractivity contribution >= 4 is 5.91 Å². The maximum Gasteiger partial charge on any atom is 0.257 e. The second-order valence-corrected chi connectivity index (χ2v) is 5.66. The van der Waals surface area contributed by atoms with E-state index in [1.54, 1.807) is 23.2 Å². The zero-order valence-corrected chi connectivity index (χ0v) is 12.9. The molecule has 0 aliphatic carbocycles. The number of amides is 1. The lowest BCUT2D eigenvalue weighted by Gasteiger charge is -2.34. The van der Waals surface area contributed by atoms with Crippen LogP contribution in [0.5, 0.6) is 0 Å². The van der Waals surface area contributed by atoms with Crippen LogP contribution in [0.15, 0.2) is 41.5 Å². The van der Waals surface area contributed by atoms with Gasteiger partial charge < -0.3 is 14.4 Å². The molecule has 24 heavy (non-hydrogen) atoms. The van der Waals surface area contributed by atoms with Gasteiger partial charge in [0.05, 0.1) is 17.4 Å². The molecule has 2 aromatic rings. The van der Waals surface area contributed by atoms with Gasteiger partial charge in [0, 0.05) is 43.9 Å². The van der Waals surface area contributed by atoms with Crippen LogP contribution in [0.4, 0.5) is 0 Å². The summed E-state index contributed by atoms with van der Waals surface area (Å²) < 4.78 is 4.93. The molecule has 1 fully saturated rings. The van der Waals surface area contributed by atoms with Gasteiger partial charge in [0.1, 0.15) is 17.9 Å². The Labute approximate surface area is 139 Å². The molecule has 0 spiro atoms. The molecule has 2 aromatic heterocycles. The summed E-state index contributed by atoms with van der Waals surface area (Å²) in [7, 11) is 0. The third kappa shape index (κ3) is 3.45. The fourth-order valence-electron chi connectivity index (χ4n) is 2.53. The minimum absolute atomic E-state index is 0.107. The summed E-state index contributed by atoms with van der Waals surface area (Å²) >= 11 is 0. The minimum Gasteiger partial charge on any atom is -0.472 e. The van der Waals surface area contributed by atoms with E-state index in [-0.39, 0.29) is 5.91 Å². The Morgan fingerprint density at radius 1 is 1.33 bits per heavy atom. The Morgan fingerprint density at radius 2 is 2.08 bits per heavy atom. The number of piperidine rings is 1. The Bertz CT molecular complexity index is 832. The molecule has 1 N–H and O–H groups in total. The zero-order chi connectivity index (χ0) is 17.0. The van der Waals surface area contributed by atoms with E-state index in [0.717, 1.165) is 0 Å². The molecule has 3 rings (SSSR count). The summed E-state index contributed by atoms with van der Waals surface area (Å²) in [5, 5.41) is 19.4. The fraction of sp³-hybridized carbons (Fsp3) is 0.278. The van der Waals surface area contributed by atoms with Gasteiger partial charge in [-0.05, 0) is 12.1 Å². The van der Waals surface area contributed by atoms with Crippen LogP contribution in [0.3, 0.4) is 0 Å². The normalized spacial score (nSPS) is 15.9. The van der Waals surface area contributed by atoms with Crippen LogP contribution >= 0.6 is 0 Å². The second-order valence-electron chi connectivity index (χ2n) is 5.66. The maximum atomic E-state index is 12.2. The molecule has 0 aromatic carbocycles. The van der Waals surface area contributed by atoms with Crippen molar-refractivity contribution in [3.05, 3.63) is 53.7 Å². The van der Waals surface area contributed by atoms with Gasteiger partial charge >= 0.3 is 0 Å². The van der Waals surface area contributed by atoms with Gasteiger partial charge in [-0.3, -0.25) is 9.78 Å². The fourth-order valence-corrected chi connectivity index (χ4v) is 2.53. The van der Waals surface area contributed by atoms with Gasteiger partial charge in [-0.2, -0.15) is 5.26 Å². The summed E-state index contributed by atoms with van der Waals surface area (Å²) in [6.07, 6.45) is 6.62. The van der Waals surface area contributed by atoms with E-state index in [1.807, 2.05) is 6.07 Å². The molecule has 0 saturated carbocycles. The van der Waals surface area contributed by atoms with Gasteiger partial charge in [-0.15, -0.1) is 0 Å². The number of carbonyl (C=O) groups is 1. The molecule has 0 bridgehead atoms. The van der Waals surface area contributed by atoms with Crippen LogP contribution in [0.1, 0.15) is 34.3 Å². The van der Waals surface area contributed by atoms with Crippen molar-refractivity contribution in [3.63, 3.8) is 0 Å². The molecule has 0 unspecified atom stereocenters. The third-order valence-corrected chi connectivity index (χ3v) is 3.95. The molecule has 6 nitrogen and oxygen atoms in total. The van der Waals surface area contributed by atoms with E-state index < -0.39 is 5.60 Å². The van der Waals surface area contributed by atoms with Crippen LogP contribution in [0.25, 0.3) is 0 Å². The summed E-state index contributed by atoms with van der Waals surface area (Å²) in [6.45, 7) is 0.845. The predicted molar refractivity (Wildman–Crippen MR) is 84.6 cm³/mol. The van der Waals surface area contributed by atoms with Gasteiger partial charge in [-0.25, -0.2) is 0 Å². The number of nitrogens with zero attached hydrogens (tertiary/aromatic N) is 3. The van der Waals surface area contributed by atoms with Crippen molar-refractivity contribution in [1.29, 1.82) is 5.26 Å². The highest BCUT2D eigenvalue weighted by Crippen LogP contribution is 2.23. The summed E-state index contributed by atoms with van der Waals surface area (Å²) in [4.78, 5) is 17.8. The number of aliphatic hydroxyl groups is 1. The topological polar surface area (TPSA) is 90.4 Å². The standard InChI is InChI=1S/C18H15N3O3/c19-10-15-9-14(11-20-12-15)1-3-18(23)4-6-21(7-5-18)17(22)16-2-8-24-13-16/h2,8-9,11-13,23H,4-7H2. The summed E-state index contributed by atoms with van der Waals surface area (Å²) in [5.74, 6) is 5.62. The monoisotopic (exact) mass is 321 g/mol. The molecule has 120 valence electrons. The minimum atomic E-state index is -1.14. The number of hydrogen-bond acceptors (Lipinski definition) is 5. The average Bonchev–Trinajstić information content (AvgIpc) is 3.15. The maximum absolute atomic E-state index is 12.2. The Balaban J connectivity index is 1.66. The largest absolute Gasteiger partial charge is 0.472 e. The number of carbonyl (C=O) groups excluding carboxylic acids is 1. The smallest absolute Gasteiger partial charge is 0.257 e. The van der Waals surface area contributed by atoms with Crippen LogP contribution in [0, 0.1) is 23.2 Å². The van der Waals surface area contributed by atoms with Crippen LogP contribution < -0.4 is 0 Å². The quantitative estimate of drug-likeness (QED) is 0.805. The molecular weight excluding hydrogens is 306 g/mol. The number of hydrogen-bond donors (Lipinski definition) is 1. The van der Waals surface area contributed by atoms with E-state index in [0.29, 0.717) is 42.6 Å². The Morgan fingerprint density at radius 3 is 2.75 bits per heavy atom. The predicted octanol–water partition coefficient (Wildman–Crippen LogP) is 1.57. The third-order valence-electron chi connectivity index (χ3n) is 3.95. The highest BCUT2D eigenvalue weighted by atomic mass is 16.3. The molecule has 1 saturated heterocycles. The number of pyridine rings is 1. The molecule has 1 aliphatic rings. The Kier molecular flexibility index (Phi) is 4.33. The van der Waals surface area contributed by atoms with Gasteiger partial charge in [-0.1, -0.05) is 11.8 Å². The molecule has 3 heterocycles. The van der Waals surface area contributed by atoms with Crippen LogP contribution in [-0.4, -0.2) is 39.6 Å². The lowest BCUT2D eigenvalue weighted by atomic mass is 9.91. The van der Waals surface area contributed by atoms with Crippen molar-refractivity contribution in [3.8, 4) is 17.9 Å². The summed E-state index contributed by atoms with van der Waals surface area (Å²) in [6, 6.07) is 5.25. The van der Waals surface area contributed by atoms with Crippen LogP contribution in [-0.2, 0) is 0 Å². The molecule has 0 atom stereocenters. The molecule has 1 amide bonds. The highest BCUT2D eigenvalue weighted by molar-refractivity contribution is 5.93. The van der Waals surface area contributed by atoms with Crippen molar-refractivity contribution in [1.82, 2.24) is 9.88 Å². The lowest BCUT2D eigenvalue weighted by Crippen LogP contribution is -2.46. The van der Waals surface area contributed by atoms with Crippen molar-refractivity contribution in [2.45, 2.75) is 18.4 Å². The van der Waals surface area contributed by atoms with E-state index in [1.165, 1.54) is 18.7 Å². The zero-order valence-electron chi connectivity index (χ0n) is 12.9. The van der Waals surface area contributed by atoms with Gasteiger partial charge in [0.2, 0.25) is 0 Å². The van der Waals surface area contributed by atoms with Crippen LogP contribution in [0.2, 0.25) is 0 Å². The number of nitriles is 1. The van der Waals surface area contributed by atoms with Gasteiger partial charge in [0.25, 0.3) is 5.91 Å². The van der Waals surface area contributed by atoms with Crippen molar-refractivity contribution < 1.29 is 14.3 Å². The number of furan rings is 1. The second kappa shape index (κ2) is 6.57. The molecule has 0 radical (unpaired) electrons. The summed E-state index contributed by atoms with van der Waals surface area (Å²) in [5.41, 5.74) is 0.370. The Hall–Kier alpha value is -3.09. The van der Waals surface area contributed by atoms with Crippen molar-refractivity contribution in [2.75, 3.05) is 13.1 Å². The highest BCUT2D eigenvalue weighted by Gasteiger charge is 2.32. The van der Waals surface area contributed by atoms with E-state index in [9.17, 15) is 9.90 Å². The first kappa shape index (κ1) is 15.8. The number of likely N-dealkylation sites (tertiary alicyclic amines) is 1. The molecular formula is C18H15N3O3. The number of aromatic nitrogens is 1. The average molecular weight is 321 g/mol. The van der Waals surface area contributed by atoms with E-state index in [4.69, 9.17) is 9.68 Å². The van der Waals surface area contributed by atoms with E-state index >= 15 is 0 Å². The lowest BCUT2D eigenvalue weighted by molar-refractivity contribution is 0.0248. The molecule has 6 heteroatoms. The SMILES string of the molecule is N#Cc1cncc(C#CC2(O)CCN(C(=O)c3ccoc3)CC2)c1. The first-order valence-electron chi connectivity index (χ1n) is 7.52. The van der Waals surface area contributed by atoms with E-state index in [2.05, 4.69) is 16.8 Å². The first-order chi connectivity index (χ1) is 11.6.